The van der Waals surface area contributed by atoms with Crippen molar-refractivity contribution in [3.63, 3.8) is 0 Å². The van der Waals surface area contributed by atoms with E-state index in [1.807, 2.05) is 0 Å². The molecule has 0 saturated carbocycles. The monoisotopic (exact) mass is 360 g/mol. The van der Waals surface area contributed by atoms with Crippen molar-refractivity contribution in [2.75, 3.05) is 17.1 Å². The first kappa shape index (κ1) is 15.1. The van der Waals surface area contributed by atoms with Crippen LogP contribution in [0.2, 0.25) is 0 Å². The van der Waals surface area contributed by atoms with Crippen LogP contribution in [0.5, 0.6) is 0 Å². The predicted octanol–water partition coefficient (Wildman–Crippen LogP) is 2.84. The number of thiazole rings is 1. The van der Waals surface area contributed by atoms with Crippen molar-refractivity contribution >= 4 is 72.6 Å². The molecule has 114 valence electrons. The fraction of sp³-hybridized carbons (Fsp3) is 0.167. The van der Waals surface area contributed by atoms with Crippen LogP contribution in [0.15, 0.2) is 12.3 Å². The quantitative estimate of drug-likeness (QED) is 0.728. The number of nitrogens with one attached hydrogen (secondary N) is 1. The molecule has 3 aromatic rings. The van der Waals surface area contributed by atoms with Gasteiger partial charge in [0.15, 0.2) is 10.9 Å². The van der Waals surface area contributed by atoms with E-state index in [9.17, 15) is 14.0 Å². The molecular formula is C12H7Cl2FN4O2S. The van der Waals surface area contributed by atoms with Crippen molar-refractivity contribution in [1.29, 1.82) is 0 Å². The lowest BCUT2D eigenvalue weighted by atomic mass is 10.2. The van der Waals surface area contributed by atoms with Crippen molar-refractivity contribution < 1.29 is 14.0 Å². The number of anilines is 1. The van der Waals surface area contributed by atoms with Crippen LogP contribution in [-0.2, 0) is 4.79 Å². The molecule has 0 atom stereocenters. The van der Waals surface area contributed by atoms with Crippen LogP contribution < -0.4 is 5.32 Å². The summed E-state index contributed by atoms with van der Waals surface area (Å²) in [7, 11) is 0. The number of carbonyl (C=O) groups is 2. The molecule has 6 nitrogen and oxygen atoms in total. The molecule has 3 rings (SSSR count). The second kappa shape index (κ2) is 5.79. The first-order chi connectivity index (χ1) is 10.5. The largest absolute Gasteiger partial charge is 0.301 e. The van der Waals surface area contributed by atoms with Crippen molar-refractivity contribution in [2.24, 2.45) is 0 Å². The van der Waals surface area contributed by atoms with Gasteiger partial charge in [0.2, 0.25) is 5.91 Å². The van der Waals surface area contributed by atoms with Crippen LogP contribution >= 0.6 is 34.5 Å². The molecule has 0 bridgehead atoms. The molecule has 0 saturated heterocycles. The number of amides is 1. The maximum Gasteiger partial charge on any atom is 0.262 e. The zero-order valence-corrected chi connectivity index (χ0v) is 13.1. The number of hydrogen-bond donors (Lipinski definition) is 1. The van der Waals surface area contributed by atoms with Gasteiger partial charge >= 0.3 is 0 Å². The van der Waals surface area contributed by atoms with E-state index >= 15 is 0 Å². The number of benzene rings is 1. The van der Waals surface area contributed by atoms with E-state index in [0.29, 0.717) is 15.6 Å². The van der Waals surface area contributed by atoms with Gasteiger partial charge in [-0.15, -0.1) is 23.2 Å². The van der Waals surface area contributed by atoms with Crippen LogP contribution in [0.1, 0.15) is 4.79 Å². The number of aromatic nitrogens is 3. The Bertz CT molecular complexity index is 907. The molecule has 0 aliphatic carbocycles. The lowest BCUT2D eigenvalue weighted by Crippen LogP contribution is -2.13. The fourth-order valence-electron chi connectivity index (χ4n) is 1.99. The molecule has 0 aliphatic rings. The summed E-state index contributed by atoms with van der Waals surface area (Å²) in [6.45, 7) is 0. The van der Waals surface area contributed by atoms with Gasteiger partial charge in [0.25, 0.3) is 5.91 Å². The van der Waals surface area contributed by atoms with E-state index in [4.69, 9.17) is 23.2 Å². The Morgan fingerprint density at radius 3 is 2.82 bits per heavy atom. The van der Waals surface area contributed by atoms with E-state index in [0.717, 1.165) is 16.0 Å². The highest BCUT2D eigenvalue weighted by Crippen LogP contribution is 2.34. The van der Waals surface area contributed by atoms with Crippen LogP contribution in [0.25, 0.3) is 21.1 Å². The topological polar surface area (TPSA) is 76.9 Å². The van der Waals surface area contributed by atoms with Crippen molar-refractivity contribution in [3.05, 3.63) is 18.1 Å². The van der Waals surface area contributed by atoms with Gasteiger partial charge in [-0.3, -0.25) is 9.59 Å². The highest BCUT2D eigenvalue weighted by Gasteiger charge is 2.18. The minimum Gasteiger partial charge on any atom is -0.301 e. The molecule has 0 unspecified atom stereocenters. The van der Waals surface area contributed by atoms with E-state index in [1.54, 1.807) is 0 Å². The number of nitrogens with zero attached hydrogens (tertiary/aromatic N) is 3. The Balaban J connectivity index is 2.21. The lowest BCUT2D eigenvalue weighted by molar-refractivity contribution is -0.113. The zero-order chi connectivity index (χ0) is 15.9. The van der Waals surface area contributed by atoms with E-state index in [1.165, 1.54) is 12.3 Å². The minimum atomic E-state index is -0.616. The SMILES string of the molecule is O=C(CCl)Nc1nc2c(F)cc3c(cnn3C(=O)CCl)c2s1. The third kappa shape index (κ3) is 2.43. The Morgan fingerprint density at radius 1 is 1.36 bits per heavy atom. The average molecular weight is 361 g/mol. The predicted molar refractivity (Wildman–Crippen MR) is 83.6 cm³/mol. The molecule has 0 spiro atoms. The van der Waals surface area contributed by atoms with E-state index < -0.39 is 17.6 Å². The Kier molecular flexibility index (Phi) is 3.98. The molecule has 0 fully saturated rings. The molecule has 1 amide bonds. The maximum atomic E-state index is 14.2. The van der Waals surface area contributed by atoms with Gasteiger partial charge in [-0.1, -0.05) is 11.3 Å². The fourth-order valence-corrected chi connectivity index (χ4v) is 3.17. The Labute approximate surface area is 136 Å². The van der Waals surface area contributed by atoms with Crippen molar-refractivity contribution in [1.82, 2.24) is 14.8 Å². The highest BCUT2D eigenvalue weighted by molar-refractivity contribution is 7.23. The van der Waals surface area contributed by atoms with Gasteiger partial charge in [0, 0.05) is 11.5 Å². The summed E-state index contributed by atoms with van der Waals surface area (Å²) in [6.07, 6.45) is 1.44. The third-order valence-corrected chi connectivity index (χ3v) is 4.36. The van der Waals surface area contributed by atoms with Crippen LogP contribution in [0.3, 0.4) is 0 Å². The van der Waals surface area contributed by atoms with Crippen LogP contribution in [0.4, 0.5) is 9.52 Å². The number of rotatable bonds is 3. The molecule has 0 aliphatic heterocycles. The summed E-state index contributed by atoms with van der Waals surface area (Å²) < 4.78 is 15.7. The summed E-state index contributed by atoms with van der Waals surface area (Å²) in [5.74, 6) is -2.01. The van der Waals surface area contributed by atoms with Crippen LogP contribution in [-0.4, -0.2) is 38.3 Å². The third-order valence-electron chi connectivity index (χ3n) is 2.89. The van der Waals surface area contributed by atoms with E-state index in [2.05, 4.69) is 15.4 Å². The molecule has 22 heavy (non-hydrogen) atoms. The molecule has 2 aromatic heterocycles. The van der Waals surface area contributed by atoms with Gasteiger partial charge < -0.3 is 5.32 Å². The van der Waals surface area contributed by atoms with Gasteiger partial charge in [0.05, 0.1) is 16.4 Å². The van der Waals surface area contributed by atoms with Gasteiger partial charge in [-0.2, -0.15) is 9.78 Å². The smallest absolute Gasteiger partial charge is 0.262 e. The summed E-state index contributed by atoms with van der Waals surface area (Å²) in [5, 5.41) is 7.18. The first-order valence-corrected chi connectivity index (χ1v) is 7.85. The number of hydrogen-bond acceptors (Lipinski definition) is 5. The summed E-state index contributed by atoms with van der Waals surface area (Å²) in [4.78, 5) is 27.0. The summed E-state index contributed by atoms with van der Waals surface area (Å²) >= 11 is 12.0. The molecule has 1 N–H and O–H groups in total. The number of halogens is 3. The normalized spacial score (nSPS) is 11.2. The first-order valence-electron chi connectivity index (χ1n) is 5.97. The van der Waals surface area contributed by atoms with Gasteiger partial charge in [-0.25, -0.2) is 9.37 Å². The summed E-state index contributed by atoms with van der Waals surface area (Å²) in [5.41, 5.74) is 0.398. The molecule has 10 heteroatoms. The Morgan fingerprint density at radius 2 is 2.14 bits per heavy atom. The number of carbonyl (C=O) groups excluding carboxylic acids is 2. The molecular weight excluding hydrogens is 354 g/mol. The molecule has 0 radical (unpaired) electrons. The number of fused-ring (bicyclic) bond motifs is 3. The van der Waals surface area contributed by atoms with Crippen molar-refractivity contribution in [2.45, 2.75) is 0 Å². The van der Waals surface area contributed by atoms with Crippen molar-refractivity contribution in [3.8, 4) is 0 Å². The lowest BCUT2D eigenvalue weighted by Gasteiger charge is -1.99. The summed E-state index contributed by atoms with van der Waals surface area (Å²) in [6, 6.07) is 1.17. The van der Waals surface area contributed by atoms with Gasteiger partial charge in [-0.05, 0) is 0 Å². The standard InChI is InChI=1S/C12H7Cl2FN4O2S/c13-2-8(20)17-12-18-10-6(15)1-7-5(11(10)22-12)4-16-19(7)9(21)3-14/h1,4H,2-3H2,(H,17,18,20). The molecule has 1 aromatic carbocycles. The minimum absolute atomic E-state index is 0.0974. The number of alkyl halides is 2. The Hall–Kier alpha value is -1.77. The van der Waals surface area contributed by atoms with Crippen LogP contribution in [0, 0.1) is 5.82 Å². The zero-order valence-electron chi connectivity index (χ0n) is 10.8. The van der Waals surface area contributed by atoms with E-state index in [-0.39, 0.29) is 22.4 Å². The second-order valence-electron chi connectivity index (χ2n) is 4.25. The molecule has 2 heterocycles. The average Bonchev–Trinajstić information content (AvgIpc) is 3.10. The van der Waals surface area contributed by atoms with Gasteiger partial charge in [0.1, 0.15) is 17.3 Å². The second-order valence-corrected chi connectivity index (χ2v) is 5.79. The highest BCUT2D eigenvalue weighted by atomic mass is 35.5. The maximum absolute atomic E-state index is 14.2.